The van der Waals surface area contributed by atoms with Gasteiger partial charge in [0.1, 0.15) is 23.9 Å². The zero-order valence-corrected chi connectivity index (χ0v) is 18.4. The lowest BCUT2D eigenvalue weighted by Crippen LogP contribution is -1.99. The van der Waals surface area contributed by atoms with Crippen molar-refractivity contribution in [3.05, 3.63) is 82.6 Å². The van der Waals surface area contributed by atoms with Crippen LogP contribution >= 0.6 is 0 Å². The van der Waals surface area contributed by atoms with Crippen LogP contribution in [0.4, 0.5) is 0 Å². The fourth-order valence-electron chi connectivity index (χ4n) is 3.54. The highest BCUT2D eigenvalue weighted by molar-refractivity contribution is 6.15. The topological polar surface area (TPSA) is 63.2 Å². The Labute approximate surface area is 186 Å². The maximum Gasteiger partial charge on any atom is 0.231 e. The molecule has 0 aliphatic carbocycles. The Hall–Kier alpha value is -3.93. The van der Waals surface area contributed by atoms with E-state index in [-0.39, 0.29) is 11.5 Å². The van der Waals surface area contributed by atoms with Gasteiger partial charge >= 0.3 is 0 Å². The molecule has 0 unspecified atom stereocenters. The van der Waals surface area contributed by atoms with Gasteiger partial charge in [0.05, 0.1) is 26.9 Å². The van der Waals surface area contributed by atoms with Crippen LogP contribution in [0.2, 0.25) is 0 Å². The summed E-state index contributed by atoms with van der Waals surface area (Å²) in [5.41, 5.74) is 3.04. The van der Waals surface area contributed by atoms with Crippen LogP contribution in [0.3, 0.4) is 0 Å². The molecule has 0 bridgehead atoms. The molecule has 3 aromatic rings. The van der Waals surface area contributed by atoms with Crippen molar-refractivity contribution < 1.29 is 28.5 Å². The number of fused-ring (bicyclic) bond motifs is 1. The Kier molecular flexibility index (Phi) is 6.03. The molecule has 6 heteroatoms. The summed E-state index contributed by atoms with van der Waals surface area (Å²) >= 11 is 0. The lowest BCUT2D eigenvalue weighted by atomic mass is 10.1. The molecular weight excluding hydrogens is 408 g/mol. The zero-order chi connectivity index (χ0) is 22.7. The summed E-state index contributed by atoms with van der Waals surface area (Å²) in [5, 5.41) is 0. The largest absolute Gasteiger partial charge is 0.497 e. The van der Waals surface area contributed by atoms with Crippen LogP contribution < -0.4 is 23.7 Å². The number of carbonyl (C=O) groups excluding carboxylic acids is 1. The average molecular weight is 432 g/mol. The summed E-state index contributed by atoms with van der Waals surface area (Å²) in [5.74, 6) is 3.23. The molecule has 0 amide bonds. The molecule has 0 fully saturated rings. The Morgan fingerprint density at radius 1 is 0.875 bits per heavy atom. The van der Waals surface area contributed by atoms with Gasteiger partial charge in [-0.3, -0.25) is 4.79 Å². The minimum absolute atomic E-state index is 0.169. The van der Waals surface area contributed by atoms with Gasteiger partial charge in [0.2, 0.25) is 5.78 Å². The number of rotatable bonds is 7. The summed E-state index contributed by atoms with van der Waals surface area (Å²) in [7, 11) is 4.78. The second-order valence-electron chi connectivity index (χ2n) is 7.26. The number of methoxy groups -OCH3 is 3. The van der Waals surface area contributed by atoms with Crippen molar-refractivity contribution in [1.29, 1.82) is 0 Å². The Morgan fingerprint density at radius 3 is 2.41 bits per heavy atom. The predicted molar refractivity (Wildman–Crippen MR) is 121 cm³/mol. The maximum absolute atomic E-state index is 12.9. The molecule has 0 saturated carbocycles. The summed E-state index contributed by atoms with van der Waals surface area (Å²) < 4.78 is 27.8. The van der Waals surface area contributed by atoms with E-state index in [4.69, 9.17) is 23.7 Å². The number of carbonyl (C=O) groups is 1. The van der Waals surface area contributed by atoms with E-state index >= 15 is 0 Å². The lowest BCUT2D eigenvalue weighted by Gasteiger charge is -2.12. The maximum atomic E-state index is 12.9. The molecule has 0 spiro atoms. The first-order valence-electron chi connectivity index (χ1n) is 10.1. The lowest BCUT2D eigenvalue weighted by molar-refractivity contribution is 0.101. The van der Waals surface area contributed by atoms with E-state index in [1.807, 2.05) is 37.3 Å². The van der Waals surface area contributed by atoms with Crippen molar-refractivity contribution in [2.45, 2.75) is 13.5 Å². The molecule has 0 atom stereocenters. The number of hydrogen-bond acceptors (Lipinski definition) is 6. The van der Waals surface area contributed by atoms with Crippen molar-refractivity contribution in [2.24, 2.45) is 0 Å². The molecule has 1 aliphatic heterocycles. The summed E-state index contributed by atoms with van der Waals surface area (Å²) in [6.07, 6.45) is 1.69. The third kappa shape index (κ3) is 4.12. The highest BCUT2D eigenvalue weighted by Gasteiger charge is 2.30. The summed E-state index contributed by atoms with van der Waals surface area (Å²) in [4.78, 5) is 12.9. The van der Waals surface area contributed by atoms with Crippen LogP contribution in [0.15, 0.2) is 60.4 Å². The molecule has 1 heterocycles. The Balaban J connectivity index is 1.56. The molecule has 3 aromatic carbocycles. The van der Waals surface area contributed by atoms with Gasteiger partial charge in [0.15, 0.2) is 17.3 Å². The van der Waals surface area contributed by atoms with Gasteiger partial charge in [-0.1, -0.05) is 18.2 Å². The van der Waals surface area contributed by atoms with Crippen molar-refractivity contribution in [3.63, 3.8) is 0 Å². The molecule has 0 N–H and O–H groups in total. The first-order valence-corrected chi connectivity index (χ1v) is 10.1. The highest BCUT2D eigenvalue weighted by atomic mass is 16.5. The minimum atomic E-state index is -0.169. The number of ether oxygens (including phenoxy) is 5. The fraction of sp³-hybridized carbons (Fsp3) is 0.192. The second-order valence-corrected chi connectivity index (χ2v) is 7.26. The average Bonchev–Trinajstić information content (AvgIpc) is 3.14. The number of hydrogen-bond donors (Lipinski definition) is 0. The highest BCUT2D eigenvalue weighted by Crippen LogP contribution is 2.40. The number of ketones is 1. The third-order valence-electron chi connectivity index (χ3n) is 5.27. The smallest absolute Gasteiger partial charge is 0.231 e. The second kappa shape index (κ2) is 9.06. The van der Waals surface area contributed by atoms with Crippen LogP contribution in [0.5, 0.6) is 28.7 Å². The van der Waals surface area contributed by atoms with Crippen LogP contribution in [0.25, 0.3) is 6.08 Å². The van der Waals surface area contributed by atoms with E-state index in [1.54, 1.807) is 51.7 Å². The number of benzene rings is 3. The summed E-state index contributed by atoms with van der Waals surface area (Å²) in [6.45, 7) is 2.26. The van der Waals surface area contributed by atoms with Crippen LogP contribution in [0.1, 0.15) is 27.0 Å². The van der Waals surface area contributed by atoms with Crippen molar-refractivity contribution in [2.75, 3.05) is 21.3 Å². The molecule has 32 heavy (non-hydrogen) atoms. The SMILES string of the molecule is COc1cccc(COc2ccc3c(c2C)O/C(=C\c2ccc(OC)c(OC)c2)C3=O)c1. The van der Waals surface area contributed by atoms with Crippen LogP contribution in [-0.2, 0) is 6.61 Å². The molecule has 0 radical (unpaired) electrons. The molecule has 1 aliphatic rings. The third-order valence-corrected chi connectivity index (χ3v) is 5.27. The van der Waals surface area contributed by atoms with Gasteiger partial charge in [-0.25, -0.2) is 0 Å². The van der Waals surface area contributed by atoms with E-state index < -0.39 is 0 Å². The quantitative estimate of drug-likeness (QED) is 0.477. The van der Waals surface area contributed by atoms with Crippen LogP contribution in [-0.4, -0.2) is 27.1 Å². The van der Waals surface area contributed by atoms with Gasteiger partial charge in [0, 0.05) is 5.56 Å². The predicted octanol–water partition coefficient (Wildman–Crippen LogP) is 5.22. The van der Waals surface area contributed by atoms with E-state index in [0.717, 1.165) is 22.4 Å². The molecular formula is C26H24O6. The molecule has 6 nitrogen and oxygen atoms in total. The Morgan fingerprint density at radius 2 is 1.66 bits per heavy atom. The van der Waals surface area contributed by atoms with Gasteiger partial charge < -0.3 is 23.7 Å². The van der Waals surface area contributed by atoms with Crippen molar-refractivity contribution in [1.82, 2.24) is 0 Å². The van der Waals surface area contributed by atoms with E-state index in [9.17, 15) is 4.79 Å². The van der Waals surface area contributed by atoms with Crippen molar-refractivity contribution in [3.8, 4) is 28.7 Å². The summed E-state index contributed by atoms with van der Waals surface area (Å²) in [6, 6.07) is 16.6. The minimum Gasteiger partial charge on any atom is -0.497 e. The fourth-order valence-corrected chi connectivity index (χ4v) is 3.54. The Bertz CT molecular complexity index is 1190. The molecule has 164 valence electrons. The first-order chi connectivity index (χ1) is 15.5. The van der Waals surface area contributed by atoms with Crippen molar-refractivity contribution >= 4 is 11.9 Å². The first kappa shape index (κ1) is 21.3. The monoisotopic (exact) mass is 432 g/mol. The van der Waals surface area contributed by atoms with E-state index in [2.05, 4.69) is 0 Å². The van der Waals surface area contributed by atoms with E-state index in [1.165, 1.54) is 0 Å². The standard InChI is InChI=1S/C26H24O6/c1-16-21(31-15-18-6-5-7-19(12-18)28-2)11-9-20-25(27)24(32-26(16)20)14-17-8-10-22(29-3)23(13-17)30-4/h5-14H,15H2,1-4H3/b24-14-. The van der Waals surface area contributed by atoms with E-state index in [0.29, 0.717) is 35.2 Å². The zero-order valence-electron chi connectivity index (χ0n) is 18.4. The number of Topliss-reactive ketones (excluding diaryl/α,β-unsaturated/α-hetero) is 1. The molecule has 4 rings (SSSR count). The van der Waals surface area contributed by atoms with Gasteiger partial charge in [0.25, 0.3) is 0 Å². The molecule has 0 aromatic heterocycles. The number of allylic oxidation sites excluding steroid dienone is 1. The molecule has 0 saturated heterocycles. The van der Waals surface area contributed by atoms with Gasteiger partial charge in [-0.2, -0.15) is 0 Å². The van der Waals surface area contributed by atoms with Gasteiger partial charge in [-0.15, -0.1) is 0 Å². The van der Waals surface area contributed by atoms with Crippen LogP contribution in [0, 0.1) is 6.92 Å². The normalized spacial score (nSPS) is 13.5. The van der Waals surface area contributed by atoms with Gasteiger partial charge in [-0.05, 0) is 60.5 Å².